The average Bonchev–Trinajstić information content (AvgIpc) is 2.76. The number of nitrogens with zero attached hydrogens (tertiary/aromatic N) is 3. The zero-order valence-electron chi connectivity index (χ0n) is 20.1. The monoisotopic (exact) mass is 519 g/mol. The van der Waals surface area contributed by atoms with E-state index in [1.165, 1.54) is 6.20 Å². The molecule has 9 heteroatoms. The van der Waals surface area contributed by atoms with Crippen LogP contribution in [0.3, 0.4) is 0 Å². The molecule has 1 aliphatic rings. The molecule has 2 heterocycles. The maximum atomic E-state index is 12.9. The molecule has 0 saturated heterocycles. The van der Waals surface area contributed by atoms with Crippen LogP contribution in [0.15, 0.2) is 33.9 Å². The maximum absolute atomic E-state index is 12.9. The molecule has 0 unspecified atom stereocenters. The van der Waals surface area contributed by atoms with Crippen molar-refractivity contribution in [2.24, 2.45) is 17.3 Å². The minimum absolute atomic E-state index is 0.0112. The molecule has 8 nitrogen and oxygen atoms in total. The number of aliphatic hydroxyl groups is 1. The number of amides is 1. The van der Waals surface area contributed by atoms with Crippen molar-refractivity contribution in [2.75, 3.05) is 5.32 Å². The molecule has 0 spiro atoms. The summed E-state index contributed by atoms with van der Waals surface area (Å²) >= 11 is 3.37. The summed E-state index contributed by atoms with van der Waals surface area (Å²) in [7, 11) is 0. The first-order chi connectivity index (χ1) is 15.4. The topological polar surface area (TPSA) is 109 Å². The van der Waals surface area contributed by atoms with Crippen molar-refractivity contribution < 1.29 is 9.90 Å². The largest absolute Gasteiger partial charge is 0.388 e. The van der Waals surface area contributed by atoms with Crippen LogP contribution >= 0.6 is 15.9 Å². The van der Waals surface area contributed by atoms with Gasteiger partial charge in [0.1, 0.15) is 11.0 Å². The number of nitrogens with one attached hydrogen (secondary N) is 2. The number of carbonyl (C=O) groups is 1. The zero-order valence-corrected chi connectivity index (χ0v) is 21.7. The number of hydrogen-bond donors (Lipinski definition) is 3. The Kier molecular flexibility index (Phi) is 7.33. The van der Waals surface area contributed by atoms with Crippen LogP contribution < -0.4 is 16.2 Å². The fourth-order valence-electron chi connectivity index (χ4n) is 4.53. The maximum Gasteiger partial charge on any atom is 0.283 e. The van der Waals surface area contributed by atoms with Gasteiger partial charge in [0.15, 0.2) is 0 Å². The Labute approximate surface area is 203 Å². The molecule has 1 amide bonds. The molecule has 4 atom stereocenters. The summed E-state index contributed by atoms with van der Waals surface area (Å²) in [6.45, 7) is 12.6. The van der Waals surface area contributed by atoms with Crippen molar-refractivity contribution in [3.63, 3.8) is 0 Å². The van der Waals surface area contributed by atoms with Gasteiger partial charge >= 0.3 is 0 Å². The number of carbonyl (C=O) groups excluding carboxylic acids is 1. The highest BCUT2D eigenvalue weighted by Gasteiger charge is 2.52. The van der Waals surface area contributed by atoms with Crippen LogP contribution in [0.2, 0.25) is 0 Å². The summed E-state index contributed by atoms with van der Waals surface area (Å²) in [6.07, 6.45) is 5.70. The highest BCUT2D eigenvalue weighted by molar-refractivity contribution is 9.10. The van der Waals surface area contributed by atoms with Crippen molar-refractivity contribution >= 4 is 27.5 Å². The Morgan fingerprint density at radius 1 is 1.30 bits per heavy atom. The van der Waals surface area contributed by atoms with Crippen molar-refractivity contribution in [1.29, 1.82) is 0 Å². The van der Waals surface area contributed by atoms with Gasteiger partial charge < -0.3 is 15.7 Å². The number of hydrogen-bond acceptors (Lipinski definition) is 6. The van der Waals surface area contributed by atoms with E-state index in [1.54, 1.807) is 12.4 Å². The summed E-state index contributed by atoms with van der Waals surface area (Å²) in [5, 5.41) is 21.6. The molecule has 33 heavy (non-hydrogen) atoms. The second-order valence-electron chi connectivity index (χ2n) is 10.0. The first-order valence-electron chi connectivity index (χ1n) is 11.3. The van der Waals surface area contributed by atoms with Gasteiger partial charge in [-0.3, -0.25) is 14.6 Å². The molecule has 3 N–H and O–H groups in total. The van der Waals surface area contributed by atoms with E-state index in [1.807, 2.05) is 19.9 Å². The van der Waals surface area contributed by atoms with Gasteiger partial charge in [-0.25, -0.2) is 4.68 Å². The molecule has 3 rings (SSSR count). The van der Waals surface area contributed by atoms with Crippen LogP contribution in [0.1, 0.15) is 52.2 Å². The van der Waals surface area contributed by atoms with Gasteiger partial charge in [-0.05, 0) is 70.6 Å². The molecule has 180 valence electrons. The quantitative estimate of drug-likeness (QED) is 0.540. The number of rotatable bonds is 6. The Balaban J connectivity index is 1.71. The average molecular weight is 520 g/mol. The molecule has 0 aliphatic heterocycles. The van der Waals surface area contributed by atoms with Crippen LogP contribution in [0.5, 0.6) is 0 Å². The third-order valence-electron chi connectivity index (χ3n) is 7.78. The summed E-state index contributed by atoms with van der Waals surface area (Å²) in [5.41, 5.74) is 1.07. The lowest BCUT2D eigenvalue weighted by Gasteiger charge is -2.54. The first-order valence-corrected chi connectivity index (χ1v) is 12.1. The molecule has 0 bridgehead atoms. The molecule has 2 aromatic rings. The van der Waals surface area contributed by atoms with Gasteiger partial charge in [-0.15, -0.1) is 0 Å². The highest BCUT2D eigenvalue weighted by atomic mass is 79.9. The highest BCUT2D eigenvalue weighted by Crippen LogP contribution is 2.50. The first kappa shape index (κ1) is 25.4. The predicted molar refractivity (Wildman–Crippen MR) is 132 cm³/mol. The van der Waals surface area contributed by atoms with E-state index in [4.69, 9.17) is 0 Å². The van der Waals surface area contributed by atoms with Gasteiger partial charge in [-0.2, -0.15) is 5.10 Å². The van der Waals surface area contributed by atoms with Crippen LogP contribution in [0.4, 0.5) is 5.69 Å². The van der Waals surface area contributed by atoms with Crippen LogP contribution in [-0.2, 0) is 17.9 Å². The van der Waals surface area contributed by atoms with E-state index in [-0.39, 0.29) is 34.3 Å². The van der Waals surface area contributed by atoms with Gasteiger partial charge in [0, 0.05) is 18.9 Å². The SMILES string of the molecule is Cc1cnccc1CNC(=O)Cn1ncc(N[C@@H]2C[C@H](C)C(C)(C)[C@H](C)[C@]2(C)O)c(Br)c1=O. The Morgan fingerprint density at radius 2 is 2.00 bits per heavy atom. The molecule has 0 aromatic carbocycles. The zero-order chi connectivity index (χ0) is 24.6. The van der Waals surface area contributed by atoms with Crippen LogP contribution in [0.25, 0.3) is 0 Å². The number of anilines is 1. The van der Waals surface area contributed by atoms with E-state index in [2.05, 4.69) is 64.3 Å². The normalized spacial score (nSPS) is 26.6. The van der Waals surface area contributed by atoms with E-state index in [9.17, 15) is 14.7 Å². The Bertz CT molecular complexity index is 1080. The molecule has 2 aromatic heterocycles. The van der Waals surface area contributed by atoms with E-state index in [0.29, 0.717) is 18.2 Å². The lowest BCUT2D eigenvalue weighted by atomic mass is 9.56. The standard InChI is InChI=1S/C24H34BrN5O3/c1-14-10-26-8-7-17(14)11-27-20(31)13-30-22(32)21(25)18(12-28-30)29-19-9-15(2)23(4,5)16(3)24(19,6)33/h7-8,10,12,15-16,19,29,33H,9,11,13H2,1-6H3,(H,27,31)/t15-,16-,19+,24-/m0/s1. The lowest BCUT2D eigenvalue weighted by Crippen LogP contribution is -2.60. The number of aromatic nitrogens is 3. The van der Waals surface area contributed by atoms with E-state index < -0.39 is 11.2 Å². The number of aryl methyl sites for hydroxylation is 1. The molecule has 1 aliphatic carbocycles. The predicted octanol–water partition coefficient (Wildman–Crippen LogP) is 3.26. The fraction of sp³-hybridized carbons (Fsp3) is 0.583. The lowest BCUT2D eigenvalue weighted by molar-refractivity contribution is -0.122. The second-order valence-corrected chi connectivity index (χ2v) is 10.8. The molecule has 0 radical (unpaired) electrons. The second kappa shape index (κ2) is 9.54. The fourth-order valence-corrected chi connectivity index (χ4v) is 4.96. The van der Waals surface area contributed by atoms with Gasteiger partial charge in [0.05, 0.1) is 23.5 Å². The van der Waals surface area contributed by atoms with Crippen molar-refractivity contribution in [3.8, 4) is 0 Å². The number of halogens is 1. The van der Waals surface area contributed by atoms with Crippen LogP contribution in [0, 0.1) is 24.2 Å². The molecular formula is C24H34BrN5O3. The van der Waals surface area contributed by atoms with E-state index >= 15 is 0 Å². The van der Waals surface area contributed by atoms with Gasteiger partial charge in [0.2, 0.25) is 5.91 Å². The minimum atomic E-state index is -0.963. The summed E-state index contributed by atoms with van der Waals surface area (Å²) in [4.78, 5) is 29.3. The van der Waals surface area contributed by atoms with Gasteiger partial charge in [0.25, 0.3) is 5.56 Å². The molecule has 1 fully saturated rings. The van der Waals surface area contributed by atoms with Crippen LogP contribution in [-0.4, -0.2) is 37.4 Å². The third kappa shape index (κ3) is 5.14. The van der Waals surface area contributed by atoms with Crippen molar-refractivity contribution in [2.45, 2.75) is 72.7 Å². The van der Waals surface area contributed by atoms with Crippen molar-refractivity contribution in [1.82, 2.24) is 20.1 Å². The van der Waals surface area contributed by atoms with Crippen molar-refractivity contribution in [3.05, 3.63) is 50.6 Å². The Morgan fingerprint density at radius 3 is 2.67 bits per heavy atom. The molecular weight excluding hydrogens is 486 g/mol. The Hall–Kier alpha value is -2.26. The summed E-state index contributed by atoms with van der Waals surface area (Å²) in [6, 6.07) is 1.61. The molecule has 1 saturated carbocycles. The summed E-state index contributed by atoms with van der Waals surface area (Å²) in [5.74, 6) is 0.115. The minimum Gasteiger partial charge on any atom is -0.388 e. The van der Waals surface area contributed by atoms with Gasteiger partial charge in [-0.1, -0.05) is 27.7 Å². The van der Waals surface area contributed by atoms with E-state index in [0.717, 1.165) is 22.2 Å². The smallest absolute Gasteiger partial charge is 0.283 e. The summed E-state index contributed by atoms with van der Waals surface area (Å²) < 4.78 is 1.41. The number of pyridine rings is 1. The third-order valence-corrected chi connectivity index (χ3v) is 8.54.